The monoisotopic (exact) mass is 361 g/mol. The summed E-state index contributed by atoms with van der Waals surface area (Å²) in [5.74, 6) is 0.833. The summed E-state index contributed by atoms with van der Waals surface area (Å²) in [4.78, 5) is 23.9. The molecule has 27 heavy (non-hydrogen) atoms. The fraction of sp³-hybridized carbons (Fsp3) is 0.250. The molecule has 7 heteroatoms. The van der Waals surface area contributed by atoms with Crippen molar-refractivity contribution in [1.82, 2.24) is 19.7 Å². The van der Waals surface area contributed by atoms with Gasteiger partial charge in [-0.3, -0.25) is 0 Å². The molecule has 0 spiro atoms. The first-order valence-electron chi connectivity index (χ1n) is 9.05. The average Bonchev–Trinajstić information content (AvgIpc) is 3.11. The Morgan fingerprint density at radius 3 is 3.00 bits per heavy atom. The topological polar surface area (TPSA) is 75.7 Å². The van der Waals surface area contributed by atoms with Crippen molar-refractivity contribution in [3.63, 3.8) is 0 Å². The third kappa shape index (κ3) is 2.86. The maximum absolute atomic E-state index is 12.6. The predicted octanol–water partition coefficient (Wildman–Crippen LogP) is 2.30. The summed E-state index contributed by atoms with van der Waals surface area (Å²) in [5.41, 5.74) is 1.75. The standard InChI is InChI=1S/C20H19N5O2/c1-13-11-25(9-7-21-13)18-6-5-14-10-15(20(26)27-19(14)23-18)16-12-24-8-3-2-4-17(24)22-16/h2-6,8,10,12-13,21H,7,9,11H2,1H3/t13-/m1/s1. The number of aromatic nitrogens is 3. The van der Waals surface area contributed by atoms with Crippen LogP contribution in [0, 0.1) is 0 Å². The number of anilines is 1. The van der Waals surface area contributed by atoms with E-state index >= 15 is 0 Å². The SMILES string of the molecule is C[C@@H]1CN(c2ccc3cc(-c4cn5ccccc5n4)c(=O)oc3n2)CCN1. The minimum atomic E-state index is -0.427. The van der Waals surface area contributed by atoms with Gasteiger partial charge in [-0.2, -0.15) is 4.98 Å². The summed E-state index contributed by atoms with van der Waals surface area (Å²) < 4.78 is 7.42. The number of pyridine rings is 2. The van der Waals surface area contributed by atoms with Gasteiger partial charge in [0.2, 0.25) is 5.71 Å². The molecule has 0 saturated carbocycles. The van der Waals surface area contributed by atoms with Gasteiger partial charge >= 0.3 is 5.63 Å². The van der Waals surface area contributed by atoms with Gasteiger partial charge in [0, 0.05) is 43.5 Å². The predicted molar refractivity (Wildman–Crippen MR) is 104 cm³/mol. The van der Waals surface area contributed by atoms with Crippen LogP contribution in [-0.2, 0) is 0 Å². The third-order valence-electron chi connectivity index (χ3n) is 4.92. The maximum atomic E-state index is 12.6. The summed E-state index contributed by atoms with van der Waals surface area (Å²) in [6.45, 7) is 4.82. The van der Waals surface area contributed by atoms with Gasteiger partial charge in [-0.25, -0.2) is 9.78 Å². The minimum Gasteiger partial charge on any atom is -0.403 e. The molecule has 1 fully saturated rings. The van der Waals surface area contributed by atoms with Crippen LogP contribution >= 0.6 is 0 Å². The molecule has 5 rings (SSSR count). The molecule has 0 bridgehead atoms. The highest BCUT2D eigenvalue weighted by Gasteiger charge is 2.18. The van der Waals surface area contributed by atoms with Crippen molar-refractivity contribution >= 4 is 22.6 Å². The Hall–Kier alpha value is -3.19. The molecule has 1 atom stereocenters. The second kappa shape index (κ2) is 6.21. The normalized spacial score (nSPS) is 17.7. The van der Waals surface area contributed by atoms with E-state index in [9.17, 15) is 4.79 Å². The van der Waals surface area contributed by atoms with Crippen LogP contribution in [0.25, 0.3) is 28.0 Å². The second-order valence-corrected chi connectivity index (χ2v) is 6.90. The van der Waals surface area contributed by atoms with E-state index in [1.165, 1.54) is 0 Å². The van der Waals surface area contributed by atoms with Gasteiger partial charge in [-0.1, -0.05) is 6.07 Å². The summed E-state index contributed by atoms with van der Waals surface area (Å²) in [5, 5.41) is 4.20. The first-order valence-corrected chi connectivity index (χ1v) is 9.05. The first kappa shape index (κ1) is 16.0. The number of hydrogen-bond acceptors (Lipinski definition) is 6. The van der Waals surface area contributed by atoms with E-state index in [-0.39, 0.29) is 0 Å². The van der Waals surface area contributed by atoms with Crippen molar-refractivity contribution < 1.29 is 4.42 Å². The Balaban J connectivity index is 1.57. The Morgan fingerprint density at radius 2 is 2.15 bits per heavy atom. The van der Waals surface area contributed by atoms with Gasteiger partial charge in [0.25, 0.3) is 0 Å². The summed E-state index contributed by atoms with van der Waals surface area (Å²) >= 11 is 0. The van der Waals surface area contributed by atoms with E-state index in [1.807, 2.05) is 47.1 Å². The molecule has 0 amide bonds. The number of nitrogens with one attached hydrogen (secondary N) is 1. The van der Waals surface area contributed by atoms with E-state index in [1.54, 1.807) is 6.07 Å². The third-order valence-corrected chi connectivity index (χ3v) is 4.92. The number of fused-ring (bicyclic) bond motifs is 2. The lowest BCUT2D eigenvalue weighted by Gasteiger charge is -2.32. The molecule has 5 heterocycles. The zero-order chi connectivity index (χ0) is 18.4. The van der Waals surface area contributed by atoms with E-state index in [4.69, 9.17) is 4.42 Å². The van der Waals surface area contributed by atoms with Crippen molar-refractivity contribution in [3.05, 3.63) is 59.2 Å². The zero-order valence-corrected chi connectivity index (χ0v) is 14.9. The van der Waals surface area contributed by atoms with Crippen LogP contribution < -0.4 is 15.8 Å². The van der Waals surface area contributed by atoms with Crippen molar-refractivity contribution in [2.24, 2.45) is 0 Å². The molecule has 1 N–H and O–H groups in total. The van der Waals surface area contributed by atoms with Crippen LogP contribution in [0.3, 0.4) is 0 Å². The minimum absolute atomic E-state index is 0.358. The fourth-order valence-corrected chi connectivity index (χ4v) is 3.55. The Kier molecular flexibility index (Phi) is 3.68. The van der Waals surface area contributed by atoms with Gasteiger partial charge in [-0.15, -0.1) is 0 Å². The van der Waals surface area contributed by atoms with Crippen LogP contribution in [0.1, 0.15) is 6.92 Å². The van der Waals surface area contributed by atoms with E-state index < -0.39 is 5.63 Å². The van der Waals surface area contributed by atoms with Gasteiger partial charge < -0.3 is 19.0 Å². The molecule has 1 aliphatic heterocycles. The molecule has 7 nitrogen and oxygen atoms in total. The van der Waals surface area contributed by atoms with Crippen molar-refractivity contribution in [2.75, 3.05) is 24.5 Å². The smallest absolute Gasteiger partial charge is 0.347 e. The molecule has 0 aliphatic carbocycles. The molecule has 4 aromatic heterocycles. The lowest BCUT2D eigenvalue weighted by Crippen LogP contribution is -2.49. The fourth-order valence-electron chi connectivity index (χ4n) is 3.55. The molecule has 0 aromatic carbocycles. The Morgan fingerprint density at radius 1 is 1.22 bits per heavy atom. The molecular formula is C20H19N5O2. The summed E-state index contributed by atoms with van der Waals surface area (Å²) in [6, 6.07) is 11.9. The highest BCUT2D eigenvalue weighted by atomic mass is 16.4. The number of hydrogen-bond donors (Lipinski definition) is 1. The van der Waals surface area contributed by atoms with E-state index in [0.29, 0.717) is 23.0 Å². The molecule has 1 saturated heterocycles. The zero-order valence-electron chi connectivity index (χ0n) is 14.9. The maximum Gasteiger partial charge on any atom is 0.347 e. The van der Waals surface area contributed by atoms with E-state index in [2.05, 4.69) is 27.1 Å². The van der Waals surface area contributed by atoms with Crippen LogP contribution in [0.4, 0.5) is 5.82 Å². The van der Waals surface area contributed by atoms with E-state index in [0.717, 1.165) is 36.5 Å². The van der Waals surface area contributed by atoms with Crippen LogP contribution in [0.2, 0.25) is 0 Å². The largest absolute Gasteiger partial charge is 0.403 e. The number of piperazine rings is 1. The molecule has 136 valence electrons. The lowest BCUT2D eigenvalue weighted by molar-refractivity contribution is 0.481. The molecule has 0 unspecified atom stereocenters. The van der Waals surface area contributed by atoms with Gasteiger partial charge in [0.15, 0.2) is 0 Å². The number of rotatable bonds is 2. The first-order chi connectivity index (χ1) is 13.2. The van der Waals surface area contributed by atoms with Crippen LogP contribution in [-0.4, -0.2) is 40.0 Å². The molecular weight excluding hydrogens is 342 g/mol. The van der Waals surface area contributed by atoms with Gasteiger partial charge in [0.05, 0.1) is 11.3 Å². The quantitative estimate of drug-likeness (QED) is 0.590. The van der Waals surface area contributed by atoms with Crippen molar-refractivity contribution in [1.29, 1.82) is 0 Å². The highest BCUT2D eigenvalue weighted by Crippen LogP contribution is 2.23. The number of imidazole rings is 1. The average molecular weight is 361 g/mol. The Bertz CT molecular complexity index is 1160. The highest BCUT2D eigenvalue weighted by molar-refractivity contribution is 5.80. The summed E-state index contributed by atoms with van der Waals surface area (Å²) in [7, 11) is 0. The second-order valence-electron chi connectivity index (χ2n) is 6.90. The van der Waals surface area contributed by atoms with Crippen LogP contribution in [0.15, 0.2) is 58.0 Å². The van der Waals surface area contributed by atoms with Crippen molar-refractivity contribution in [3.8, 4) is 11.3 Å². The lowest BCUT2D eigenvalue weighted by atomic mass is 10.2. The Labute approximate surface area is 155 Å². The van der Waals surface area contributed by atoms with Gasteiger partial charge in [0.1, 0.15) is 11.5 Å². The van der Waals surface area contributed by atoms with Crippen molar-refractivity contribution in [2.45, 2.75) is 13.0 Å². The summed E-state index contributed by atoms with van der Waals surface area (Å²) in [6.07, 6.45) is 3.73. The van der Waals surface area contributed by atoms with Crippen LogP contribution in [0.5, 0.6) is 0 Å². The molecule has 1 aliphatic rings. The van der Waals surface area contributed by atoms with Gasteiger partial charge in [-0.05, 0) is 37.3 Å². The number of nitrogens with zero attached hydrogens (tertiary/aromatic N) is 4. The molecule has 0 radical (unpaired) electrons. The molecule has 4 aromatic rings.